The monoisotopic (exact) mass is 248 g/mol. The van der Waals surface area contributed by atoms with Gasteiger partial charge < -0.3 is 10.6 Å². The molecule has 100 valence electrons. The van der Waals surface area contributed by atoms with Crippen molar-refractivity contribution in [1.82, 2.24) is 5.32 Å². The van der Waals surface area contributed by atoms with E-state index in [1.807, 2.05) is 24.3 Å². The summed E-state index contributed by atoms with van der Waals surface area (Å²) in [5.74, 6) is -0.0333. The summed E-state index contributed by atoms with van der Waals surface area (Å²) < 4.78 is 0. The fraction of sp³-hybridized carbons (Fsp3) is 0.533. The van der Waals surface area contributed by atoms with Crippen LogP contribution in [0.25, 0.3) is 0 Å². The van der Waals surface area contributed by atoms with Crippen LogP contribution in [-0.2, 0) is 11.3 Å². The van der Waals surface area contributed by atoms with Crippen molar-refractivity contribution in [2.75, 3.05) is 5.32 Å². The third-order valence-corrected chi connectivity index (χ3v) is 2.92. The van der Waals surface area contributed by atoms with Crippen LogP contribution in [0.1, 0.15) is 45.6 Å². The molecule has 0 aliphatic carbocycles. The van der Waals surface area contributed by atoms with Gasteiger partial charge in [-0.3, -0.25) is 4.79 Å². The topological polar surface area (TPSA) is 41.1 Å². The first-order valence-corrected chi connectivity index (χ1v) is 6.71. The van der Waals surface area contributed by atoms with Crippen molar-refractivity contribution in [3.8, 4) is 0 Å². The zero-order chi connectivity index (χ0) is 13.4. The SMILES string of the molecule is CCCCC(C)NCc1ccc(NC(C)=O)cc1. The lowest BCUT2D eigenvalue weighted by Crippen LogP contribution is -2.25. The van der Waals surface area contributed by atoms with E-state index in [-0.39, 0.29) is 5.91 Å². The Bertz CT molecular complexity index is 359. The highest BCUT2D eigenvalue weighted by Crippen LogP contribution is 2.10. The number of unbranched alkanes of at least 4 members (excludes halogenated alkanes) is 1. The second kappa shape index (κ2) is 7.88. The molecule has 3 heteroatoms. The summed E-state index contributed by atoms with van der Waals surface area (Å²) in [6, 6.07) is 8.53. The van der Waals surface area contributed by atoms with Crippen molar-refractivity contribution >= 4 is 11.6 Å². The molecule has 2 N–H and O–H groups in total. The molecule has 3 nitrogen and oxygen atoms in total. The molecule has 1 unspecified atom stereocenters. The van der Waals surface area contributed by atoms with Crippen molar-refractivity contribution in [2.24, 2.45) is 0 Å². The maximum Gasteiger partial charge on any atom is 0.221 e. The second-order valence-corrected chi connectivity index (χ2v) is 4.80. The lowest BCUT2D eigenvalue weighted by atomic mass is 10.1. The first-order valence-electron chi connectivity index (χ1n) is 6.71. The summed E-state index contributed by atoms with van der Waals surface area (Å²) in [5.41, 5.74) is 2.10. The van der Waals surface area contributed by atoms with Crippen molar-refractivity contribution in [2.45, 2.75) is 52.6 Å². The molecule has 18 heavy (non-hydrogen) atoms. The van der Waals surface area contributed by atoms with Crippen molar-refractivity contribution < 1.29 is 4.79 Å². The molecule has 0 saturated heterocycles. The zero-order valence-electron chi connectivity index (χ0n) is 11.6. The molecule has 0 aliphatic heterocycles. The van der Waals surface area contributed by atoms with Gasteiger partial charge in [0.1, 0.15) is 0 Å². The number of rotatable bonds is 7. The largest absolute Gasteiger partial charge is 0.326 e. The Labute approximate surface area is 110 Å². The summed E-state index contributed by atoms with van der Waals surface area (Å²) in [4.78, 5) is 10.9. The standard InChI is InChI=1S/C15H24N2O/c1-4-5-6-12(2)16-11-14-7-9-15(10-8-14)17-13(3)18/h7-10,12,16H,4-6,11H2,1-3H3,(H,17,18). The molecule has 1 aromatic rings. The second-order valence-electron chi connectivity index (χ2n) is 4.80. The van der Waals surface area contributed by atoms with Gasteiger partial charge in [-0.1, -0.05) is 31.9 Å². The Morgan fingerprint density at radius 2 is 1.94 bits per heavy atom. The fourth-order valence-electron chi connectivity index (χ4n) is 1.81. The van der Waals surface area contributed by atoms with Gasteiger partial charge >= 0.3 is 0 Å². The molecule has 1 atom stereocenters. The maximum atomic E-state index is 10.9. The third kappa shape index (κ3) is 5.82. The van der Waals surface area contributed by atoms with Crippen LogP contribution in [0.3, 0.4) is 0 Å². The number of hydrogen-bond donors (Lipinski definition) is 2. The van der Waals surface area contributed by atoms with E-state index in [2.05, 4.69) is 24.5 Å². The van der Waals surface area contributed by atoms with E-state index in [1.54, 1.807) is 0 Å². The number of amides is 1. The first kappa shape index (κ1) is 14.7. The minimum atomic E-state index is -0.0333. The molecule has 0 bridgehead atoms. The number of carbonyl (C=O) groups excluding carboxylic acids is 1. The lowest BCUT2D eigenvalue weighted by molar-refractivity contribution is -0.114. The zero-order valence-corrected chi connectivity index (χ0v) is 11.6. The highest BCUT2D eigenvalue weighted by molar-refractivity contribution is 5.88. The van der Waals surface area contributed by atoms with Gasteiger partial charge in [0.2, 0.25) is 5.91 Å². The average Bonchev–Trinajstić information content (AvgIpc) is 2.35. The van der Waals surface area contributed by atoms with Gasteiger partial charge in [0.25, 0.3) is 0 Å². The number of nitrogens with one attached hydrogen (secondary N) is 2. The van der Waals surface area contributed by atoms with Gasteiger partial charge in [0, 0.05) is 25.2 Å². The molecular formula is C15H24N2O. The third-order valence-electron chi connectivity index (χ3n) is 2.92. The number of carbonyl (C=O) groups is 1. The van der Waals surface area contributed by atoms with Gasteiger partial charge in [0.05, 0.1) is 0 Å². The number of anilines is 1. The molecule has 0 fully saturated rings. The lowest BCUT2D eigenvalue weighted by Gasteiger charge is -2.13. The predicted molar refractivity (Wildman–Crippen MR) is 76.6 cm³/mol. The Balaban J connectivity index is 2.36. The van der Waals surface area contributed by atoms with E-state index in [0.717, 1.165) is 12.2 Å². The first-order chi connectivity index (χ1) is 8.61. The van der Waals surface area contributed by atoms with E-state index in [4.69, 9.17) is 0 Å². The van der Waals surface area contributed by atoms with E-state index in [1.165, 1.54) is 31.7 Å². The summed E-state index contributed by atoms with van der Waals surface area (Å²) in [7, 11) is 0. The van der Waals surface area contributed by atoms with Gasteiger partial charge in [-0.05, 0) is 31.0 Å². The van der Waals surface area contributed by atoms with Crippen LogP contribution >= 0.6 is 0 Å². The summed E-state index contributed by atoms with van der Waals surface area (Å²) in [6.07, 6.45) is 3.74. The van der Waals surface area contributed by atoms with E-state index < -0.39 is 0 Å². The van der Waals surface area contributed by atoms with Crippen molar-refractivity contribution in [3.05, 3.63) is 29.8 Å². The molecular weight excluding hydrogens is 224 g/mol. The van der Waals surface area contributed by atoms with E-state index in [9.17, 15) is 4.79 Å². The van der Waals surface area contributed by atoms with Crippen LogP contribution < -0.4 is 10.6 Å². The van der Waals surface area contributed by atoms with Crippen molar-refractivity contribution in [3.63, 3.8) is 0 Å². The molecule has 0 aromatic heterocycles. The predicted octanol–water partition coefficient (Wildman–Crippen LogP) is 3.31. The Morgan fingerprint density at radius 1 is 1.28 bits per heavy atom. The molecule has 0 aliphatic rings. The molecule has 0 heterocycles. The van der Waals surface area contributed by atoms with Crippen LogP contribution in [-0.4, -0.2) is 11.9 Å². The van der Waals surface area contributed by atoms with Crippen LogP contribution in [0.5, 0.6) is 0 Å². The Hall–Kier alpha value is -1.35. The van der Waals surface area contributed by atoms with Gasteiger partial charge in [-0.25, -0.2) is 0 Å². The molecule has 0 spiro atoms. The number of hydrogen-bond acceptors (Lipinski definition) is 2. The maximum absolute atomic E-state index is 10.9. The highest BCUT2D eigenvalue weighted by Gasteiger charge is 2.01. The van der Waals surface area contributed by atoms with Gasteiger partial charge in [-0.15, -0.1) is 0 Å². The molecule has 0 radical (unpaired) electrons. The van der Waals surface area contributed by atoms with Crippen molar-refractivity contribution in [1.29, 1.82) is 0 Å². The normalized spacial score (nSPS) is 12.2. The minimum absolute atomic E-state index is 0.0333. The smallest absolute Gasteiger partial charge is 0.221 e. The minimum Gasteiger partial charge on any atom is -0.326 e. The number of benzene rings is 1. The average molecular weight is 248 g/mol. The molecule has 1 amide bonds. The van der Waals surface area contributed by atoms with Crippen LogP contribution in [0.15, 0.2) is 24.3 Å². The van der Waals surface area contributed by atoms with Crippen LogP contribution in [0.2, 0.25) is 0 Å². The molecule has 1 rings (SSSR count). The van der Waals surface area contributed by atoms with Gasteiger partial charge in [0.15, 0.2) is 0 Å². The van der Waals surface area contributed by atoms with E-state index in [0.29, 0.717) is 6.04 Å². The highest BCUT2D eigenvalue weighted by atomic mass is 16.1. The Kier molecular flexibility index (Phi) is 6.44. The Morgan fingerprint density at radius 3 is 2.50 bits per heavy atom. The summed E-state index contributed by atoms with van der Waals surface area (Å²) >= 11 is 0. The van der Waals surface area contributed by atoms with Gasteiger partial charge in [-0.2, -0.15) is 0 Å². The quantitative estimate of drug-likeness (QED) is 0.777. The fourth-order valence-corrected chi connectivity index (χ4v) is 1.81. The molecule has 1 aromatic carbocycles. The van der Waals surface area contributed by atoms with E-state index >= 15 is 0 Å². The molecule has 0 saturated carbocycles. The summed E-state index contributed by atoms with van der Waals surface area (Å²) in [6.45, 7) is 6.84. The summed E-state index contributed by atoms with van der Waals surface area (Å²) in [5, 5.41) is 6.27. The van der Waals surface area contributed by atoms with Crippen LogP contribution in [0, 0.1) is 0 Å². The van der Waals surface area contributed by atoms with Crippen LogP contribution in [0.4, 0.5) is 5.69 Å².